The molecule has 0 aliphatic rings. The molecule has 0 bridgehead atoms. The highest BCUT2D eigenvalue weighted by Crippen LogP contribution is 2.36. The van der Waals surface area contributed by atoms with Gasteiger partial charge in [-0.25, -0.2) is 5.43 Å². The molecule has 2 rings (SSSR count). The zero-order chi connectivity index (χ0) is 15.4. The summed E-state index contributed by atoms with van der Waals surface area (Å²) in [5.74, 6) is 7.03. The van der Waals surface area contributed by atoms with Crippen LogP contribution in [0.4, 0.5) is 0 Å². The van der Waals surface area contributed by atoms with E-state index < -0.39 is 0 Å². The number of rotatable bonds is 5. The Morgan fingerprint density at radius 2 is 1.52 bits per heavy atom. The average Bonchev–Trinajstić information content (AvgIpc) is 2.50. The maximum atomic E-state index is 6.26. The maximum absolute atomic E-state index is 6.26. The van der Waals surface area contributed by atoms with Crippen molar-refractivity contribution in [1.82, 2.24) is 5.43 Å². The Hall–Kier alpha value is -1.46. The van der Waals surface area contributed by atoms with E-state index in [9.17, 15) is 0 Å². The predicted molar refractivity (Wildman–Crippen MR) is 85.2 cm³/mol. The van der Waals surface area contributed by atoms with Gasteiger partial charge < -0.3 is 9.47 Å². The largest absolute Gasteiger partial charge is 0.497 e. The molecule has 0 spiro atoms. The summed E-state index contributed by atoms with van der Waals surface area (Å²) in [6.07, 6.45) is 0. The lowest BCUT2D eigenvalue weighted by Crippen LogP contribution is -2.29. The summed E-state index contributed by atoms with van der Waals surface area (Å²) in [5, 5.41) is 1.07. The molecule has 1 unspecified atom stereocenters. The first-order valence-electron chi connectivity index (χ1n) is 6.23. The van der Waals surface area contributed by atoms with Gasteiger partial charge in [-0.05, 0) is 29.8 Å². The third-order valence-corrected chi connectivity index (χ3v) is 3.82. The van der Waals surface area contributed by atoms with Gasteiger partial charge in [0.15, 0.2) is 0 Å². The van der Waals surface area contributed by atoms with Crippen molar-refractivity contribution in [1.29, 1.82) is 0 Å². The smallest absolute Gasteiger partial charge is 0.122 e. The third-order valence-electron chi connectivity index (χ3n) is 3.16. The normalized spacial score (nSPS) is 12.0. The second-order valence-corrected chi connectivity index (χ2v) is 5.20. The van der Waals surface area contributed by atoms with Crippen LogP contribution in [0.3, 0.4) is 0 Å². The Labute approximate surface area is 133 Å². The highest BCUT2D eigenvalue weighted by molar-refractivity contribution is 6.36. The lowest BCUT2D eigenvalue weighted by Gasteiger charge is -2.21. The Morgan fingerprint density at radius 3 is 1.95 bits per heavy atom. The number of halogens is 2. The molecule has 6 heteroatoms. The maximum Gasteiger partial charge on any atom is 0.122 e. The molecule has 3 N–H and O–H groups in total. The second-order valence-electron chi connectivity index (χ2n) is 4.38. The van der Waals surface area contributed by atoms with Gasteiger partial charge in [-0.3, -0.25) is 5.84 Å². The van der Waals surface area contributed by atoms with Gasteiger partial charge in [0.25, 0.3) is 0 Å². The number of hydrogen-bond donors (Lipinski definition) is 2. The van der Waals surface area contributed by atoms with Crippen molar-refractivity contribution in [3.8, 4) is 11.5 Å². The Bertz CT molecular complexity index is 593. The molecule has 0 heterocycles. The van der Waals surface area contributed by atoms with E-state index in [0.29, 0.717) is 27.1 Å². The number of methoxy groups -OCH3 is 2. The van der Waals surface area contributed by atoms with Crippen LogP contribution in [0.1, 0.15) is 17.2 Å². The van der Waals surface area contributed by atoms with Crippen LogP contribution in [0.5, 0.6) is 11.5 Å². The van der Waals surface area contributed by atoms with Gasteiger partial charge in [0.2, 0.25) is 0 Å². The van der Waals surface area contributed by atoms with E-state index in [1.807, 2.05) is 12.1 Å². The highest BCUT2D eigenvalue weighted by atomic mass is 35.5. The molecule has 0 saturated heterocycles. The molecule has 2 aromatic carbocycles. The molecule has 0 aromatic heterocycles. The molecular formula is C15H16Cl2N2O2. The van der Waals surface area contributed by atoms with Gasteiger partial charge in [0, 0.05) is 21.7 Å². The molecule has 21 heavy (non-hydrogen) atoms. The van der Waals surface area contributed by atoms with E-state index in [2.05, 4.69) is 5.43 Å². The molecule has 4 nitrogen and oxygen atoms in total. The number of benzene rings is 2. The van der Waals surface area contributed by atoms with Gasteiger partial charge in [-0.15, -0.1) is 0 Å². The van der Waals surface area contributed by atoms with E-state index in [1.165, 1.54) is 0 Å². The third kappa shape index (κ3) is 3.41. The van der Waals surface area contributed by atoms with Gasteiger partial charge >= 0.3 is 0 Å². The Balaban J connectivity index is 2.56. The van der Waals surface area contributed by atoms with E-state index in [-0.39, 0.29) is 6.04 Å². The lowest BCUT2D eigenvalue weighted by atomic mass is 9.98. The molecule has 0 amide bonds. The quantitative estimate of drug-likeness (QED) is 0.651. The molecule has 0 aliphatic carbocycles. The summed E-state index contributed by atoms with van der Waals surface area (Å²) in [6.45, 7) is 0. The summed E-state index contributed by atoms with van der Waals surface area (Å²) >= 11 is 12.5. The Morgan fingerprint density at radius 1 is 1.00 bits per heavy atom. The molecule has 2 aromatic rings. The topological polar surface area (TPSA) is 56.5 Å². The number of nitrogens with one attached hydrogen (secondary N) is 1. The van der Waals surface area contributed by atoms with E-state index in [1.54, 1.807) is 38.5 Å². The summed E-state index contributed by atoms with van der Waals surface area (Å²) in [6, 6.07) is 10.4. The standard InChI is InChI=1S/C15H16Cl2N2O2/c1-20-10-6-9(7-11(8-10)21-2)15(19-18)14-12(16)4-3-5-13(14)17/h3-8,15,19H,18H2,1-2H3. The van der Waals surface area contributed by atoms with Crippen LogP contribution in [0.25, 0.3) is 0 Å². The van der Waals surface area contributed by atoms with Crippen molar-refractivity contribution in [2.75, 3.05) is 14.2 Å². The lowest BCUT2D eigenvalue weighted by molar-refractivity contribution is 0.392. The fourth-order valence-electron chi connectivity index (χ4n) is 2.13. The van der Waals surface area contributed by atoms with Crippen molar-refractivity contribution in [3.63, 3.8) is 0 Å². The fraction of sp³-hybridized carbons (Fsp3) is 0.200. The van der Waals surface area contributed by atoms with E-state index in [0.717, 1.165) is 5.56 Å². The summed E-state index contributed by atoms with van der Waals surface area (Å²) in [5.41, 5.74) is 4.28. The van der Waals surface area contributed by atoms with Crippen molar-refractivity contribution in [2.45, 2.75) is 6.04 Å². The van der Waals surface area contributed by atoms with Crippen LogP contribution < -0.4 is 20.7 Å². The zero-order valence-electron chi connectivity index (χ0n) is 11.7. The van der Waals surface area contributed by atoms with Crippen LogP contribution in [0.2, 0.25) is 10.0 Å². The first kappa shape index (κ1) is 15.9. The molecule has 0 saturated carbocycles. The average molecular weight is 327 g/mol. The highest BCUT2D eigenvalue weighted by Gasteiger charge is 2.20. The Kier molecular flexibility index (Phi) is 5.31. The summed E-state index contributed by atoms with van der Waals surface area (Å²) in [4.78, 5) is 0. The molecule has 0 radical (unpaired) electrons. The molecule has 0 fully saturated rings. The molecule has 112 valence electrons. The summed E-state index contributed by atoms with van der Waals surface area (Å²) < 4.78 is 10.5. The number of hydrogen-bond acceptors (Lipinski definition) is 4. The zero-order valence-corrected chi connectivity index (χ0v) is 13.2. The molecular weight excluding hydrogens is 311 g/mol. The van der Waals surface area contributed by atoms with Crippen LogP contribution in [0.15, 0.2) is 36.4 Å². The first-order valence-corrected chi connectivity index (χ1v) is 6.99. The van der Waals surface area contributed by atoms with E-state index in [4.69, 9.17) is 38.5 Å². The number of hydrazine groups is 1. The molecule has 0 aliphatic heterocycles. The predicted octanol–water partition coefficient (Wildman–Crippen LogP) is 3.56. The minimum atomic E-state index is -0.379. The van der Waals surface area contributed by atoms with Gasteiger partial charge in [0.05, 0.1) is 20.3 Å². The van der Waals surface area contributed by atoms with Crippen molar-refractivity contribution >= 4 is 23.2 Å². The van der Waals surface area contributed by atoms with Gasteiger partial charge in [-0.1, -0.05) is 29.3 Å². The van der Waals surface area contributed by atoms with Gasteiger partial charge in [0.1, 0.15) is 11.5 Å². The molecule has 1 atom stereocenters. The van der Waals surface area contributed by atoms with Crippen LogP contribution in [0, 0.1) is 0 Å². The van der Waals surface area contributed by atoms with Crippen LogP contribution in [-0.2, 0) is 0 Å². The SMILES string of the molecule is COc1cc(OC)cc(C(NN)c2c(Cl)cccc2Cl)c1. The first-order chi connectivity index (χ1) is 10.1. The van der Waals surface area contributed by atoms with Crippen molar-refractivity contribution < 1.29 is 9.47 Å². The van der Waals surface area contributed by atoms with Crippen LogP contribution >= 0.6 is 23.2 Å². The second kappa shape index (κ2) is 7.00. The minimum absolute atomic E-state index is 0.379. The van der Waals surface area contributed by atoms with Crippen LogP contribution in [-0.4, -0.2) is 14.2 Å². The van der Waals surface area contributed by atoms with Crippen molar-refractivity contribution in [3.05, 3.63) is 57.6 Å². The minimum Gasteiger partial charge on any atom is -0.497 e. The van der Waals surface area contributed by atoms with Crippen molar-refractivity contribution in [2.24, 2.45) is 5.84 Å². The number of ether oxygens (including phenoxy) is 2. The van der Waals surface area contributed by atoms with Gasteiger partial charge in [-0.2, -0.15) is 0 Å². The summed E-state index contributed by atoms with van der Waals surface area (Å²) in [7, 11) is 3.18. The monoisotopic (exact) mass is 326 g/mol. The fourth-order valence-corrected chi connectivity index (χ4v) is 2.74. The number of nitrogens with two attached hydrogens (primary N) is 1. The van der Waals surface area contributed by atoms with E-state index >= 15 is 0 Å².